The highest BCUT2D eigenvalue weighted by molar-refractivity contribution is 7.99. The van der Waals surface area contributed by atoms with E-state index in [0.717, 1.165) is 60.5 Å². The number of thiazole rings is 1. The molecule has 3 heterocycles. The molecule has 4 rings (SSSR count). The Morgan fingerprint density at radius 3 is 2.96 bits per heavy atom. The summed E-state index contributed by atoms with van der Waals surface area (Å²) in [5.74, 6) is 2.21. The van der Waals surface area contributed by atoms with Crippen LogP contribution < -0.4 is 10.6 Å². The van der Waals surface area contributed by atoms with Crippen LogP contribution in [0.1, 0.15) is 6.42 Å². The van der Waals surface area contributed by atoms with Crippen molar-refractivity contribution >= 4 is 34.8 Å². The van der Waals surface area contributed by atoms with Crippen molar-refractivity contribution < 1.29 is 9.53 Å². The van der Waals surface area contributed by atoms with E-state index in [0.29, 0.717) is 6.54 Å². The fourth-order valence-electron chi connectivity index (χ4n) is 3.65. The predicted molar refractivity (Wildman–Crippen MR) is 112 cm³/mol. The predicted octanol–water partition coefficient (Wildman–Crippen LogP) is 3.14. The number of anilines is 1. The van der Waals surface area contributed by atoms with Gasteiger partial charge in [-0.3, -0.25) is 4.90 Å². The summed E-state index contributed by atoms with van der Waals surface area (Å²) in [6.07, 6.45) is 2.90. The Kier molecular flexibility index (Phi) is 5.97. The molecule has 1 aromatic carbocycles. The molecule has 2 aliphatic rings. The van der Waals surface area contributed by atoms with Crippen molar-refractivity contribution in [3.05, 3.63) is 35.8 Å². The zero-order chi connectivity index (χ0) is 18.5. The van der Waals surface area contributed by atoms with Gasteiger partial charge in [-0.25, -0.2) is 9.78 Å². The summed E-state index contributed by atoms with van der Waals surface area (Å²) in [5.41, 5.74) is 1.84. The van der Waals surface area contributed by atoms with Crippen LogP contribution in [0.3, 0.4) is 0 Å². The lowest BCUT2D eigenvalue weighted by Crippen LogP contribution is -2.59. The van der Waals surface area contributed by atoms with Gasteiger partial charge in [-0.15, -0.1) is 11.3 Å². The smallest absolute Gasteiger partial charge is 0.319 e. The van der Waals surface area contributed by atoms with E-state index in [1.165, 1.54) is 0 Å². The molecular formula is C19H24N4O2S2. The lowest BCUT2D eigenvalue weighted by atomic mass is 9.95. The molecular weight excluding hydrogens is 380 g/mol. The second-order valence-corrected chi connectivity index (χ2v) is 8.85. The number of nitrogens with zero attached hydrogens (tertiary/aromatic N) is 2. The van der Waals surface area contributed by atoms with Crippen molar-refractivity contribution in [2.75, 3.05) is 49.7 Å². The molecule has 2 N–H and O–H groups in total. The van der Waals surface area contributed by atoms with Gasteiger partial charge in [-0.1, -0.05) is 12.1 Å². The molecule has 0 aliphatic carbocycles. The van der Waals surface area contributed by atoms with Gasteiger partial charge in [0.25, 0.3) is 0 Å². The van der Waals surface area contributed by atoms with E-state index in [2.05, 4.69) is 20.5 Å². The molecule has 27 heavy (non-hydrogen) atoms. The maximum Gasteiger partial charge on any atom is 0.319 e. The second-order valence-electron chi connectivity index (χ2n) is 6.85. The second kappa shape index (κ2) is 8.60. The SMILES string of the molecule is O=C(NCC1(N2CCOCC2)CCSC1)Nc1cccc(-c2nccs2)c1. The molecule has 144 valence electrons. The number of amides is 2. The molecule has 8 heteroatoms. The molecule has 1 aromatic heterocycles. The number of nitrogens with one attached hydrogen (secondary N) is 2. The fraction of sp³-hybridized carbons (Fsp3) is 0.474. The van der Waals surface area contributed by atoms with Crippen LogP contribution in [-0.4, -0.2) is 65.8 Å². The number of ether oxygens (including phenoxy) is 1. The lowest BCUT2D eigenvalue weighted by Gasteiger charge is -2.43. The molecule has 0 saturated carbocycles. The summed E-state index contributed by atoms with van der Waals surface area (Å²) in [6, 6.07) is 7.65. The molecule has 2 fully saturated rings. The van der Waals surface area contributed by atoms with Gasteiger partial charge in [-0.2, -0.15) is 11.8 Å². The van der Waals surface area contributed by atoms with Gasteiger partial charge in [0.1, 0.15) is 5.01 Å². The Hall–Kier alpha value is -1.61. The molecule has 2 saturated heterocycles. The molecule has 1 unspecified atom stereocenters. The van der Waals surface area contributed by atoms with E-state index >= 15 is 0 Å². The van der Waals surface area contributed by atoms with Gasteiger partial charge >= 0.3 is 6.03 Å². The Morgan fingerprint density at radius 1 is 1.33 bits per heavy atom. The Morgan fingerprint density at radius 2 is 2.22 bits per heavy atom. The van der Waals surface area contributed by atoms with Crippen molar-refractivity contribution in [2.45, 2.75) is 12.0 Å². The van der Waals surface area contributed by atoms with Gasteiger partial charge < -0.3 is 15.4 Å². The van der Waals surface area contributed by atoms with Crippen molar-refractivity contribution in [3.63, 3.8) is 0 Å². The van der Waals surface area contributed by atoms with E-state index in [9.17, 15) is 4.79 Å². The number of carbonyl (C=O) groups is 1. The van der Waals surface area contributed by atoms with Gasteiger partial charge in [0.2, 0.25) is 0 Å². The van der Waals surface area contributed by atoms with Crippen LogP contribution in [0.4, 0.5) is 10.5 Å². The minimum atomic E-state index is -0.157. The van der Waals surface area contributed by atoms with Crippen LogP contribution in [0.5, 0.6) is 0 Å². The largest absolute Gasteiger partial charge is 0.379 e. The quantitative estimate of drug-likeness (QED) is 0.801. The number of hydrogen-bond acceptors (Lipinski definition) is 6. The molecule has 2 amide bonds. The number of carbonyl (C=O) groups excluding carboxylic acids is 1. The first-order valence-corrected chi connectivity index (χ1v) is 11.2. The zero-order valence-electron chi connectivity index (χ0n) is 15.1. The van der Waals surface area contributed by atoms with E-state index < -0.39 is 0 Å². The van der Waals surface area contributed by atoms with Crippen LogP contribution in [0.2, 0.25) is 0 Å². The van der Waals surface area contributed by atoms with Gasteiger partial charge in [0, 0.05) is 53.8 Å². The van der Waals surface area contributed by atoms with Crippen LogP contribution in [-0.2, 0) is 4.74 Å². The third-order valence-electron chi connectivity index (χ3n) is 5.14. The monoisotopic (exact) mass is 404 g/mol. The molecule has 0 radical (unpaired) electrons. The first-order chi connectivity index (χ1) is 13.3. The number of thioether (sulfide) groups is 1. The van der Waals surface area contributed by atoms with E-state index in [1.807, 2.05) is 41.4 Å². The molecule has 2 aromatic rings. The van der Waals surface area contributed by atoms with Crippen LogP contribution in [0.25, 0.3) is 10.6 Å². The highest BCUT2D eigenvalue weighted by Gasteiger charge is 2.40. The topological polar surface area (TPSA) is 66.5 Å². The Labute approximate surface area is 167 Å². The first-order valence-electron chi connectivity index (χ1n) is 9.21. The van der Waals surface area contributed by atoms with E-state index in [1.54, 1.807) is 17.5 Å². The summed E-state index contributed by atoms with van der Waals surface area (Å²) in [4.78, 5) is 19.3. The Balaban J connectivity index is 1.37. The summed E-state index contributed by atoms with van der Waals surface area (Å²) in [7, 11) is 0. The zero-order valence-corrected chi connectivity index (χ0v) is 16.8. The number of morpholine rings is 1. The number of hydrogen-bond donors (Lipinski definition) is 2. The number of urea groups is 1. The molecule has 0 bridgehead atoms. The average Bonchev–Trinajstić information content (AvgIpc) is 3.40. The van der Waals surface area contributed by atoms with Crippen LogP contribution in [0, 0.1) is 0 Å². The first kappa shape index (κ1) is 18.7. The molecule has 0 spiro atoms. The number of benzene rings is 1. The lowest BCUT2D eigenvalue weighted by molar-refractivity contribution is -0.0123. The van der Waals surface area contributed by atoms with Gasteiger partial charge in [0.15, 0.2) is 0 Å². The van der Waals surface area contributed by atoms with Crippen LogP contribution >= 0.6 is 23.1 Å². The maximum atomic E-state index is 12.5. The standard InChI is InChI=1S/C19H24N4O2S2/c24-18(22-16-3-1-2-15(12-16)17-20-5-11-27-17)21-13-19(4-10-26-14-19)23-6-8-25-9-7-23/h1-3,5,11-12H,4,6-10,13-14H2,(H2,21,22,24). The summed E-state index contributed by atoms with van der Waals surface area (Å²) >= 11 is 3.56. The van der Waals surface area contributed by atoms with E-state index in [-0.39, 0.29) is 11.6 Å². The summed E-state index contributed by atoms with van der Waals surface area (Å²) in [6.45, 7) is 4.11. The molecule has 1 atom stereocenters. The van der Waals surface area contributed by atoms with Gasteiger partial charge in [0.05, 0.1) is 13.2 Å². The average molecular weight is 405 g/mol. The summed E-state index contributed by atoms with van der Waals surface area (Å²) in [5, 5.41) is 8.98. The molecule has 2 aliphatic heterocycles. The maximum absolute atomic E-state index is 12.5. The minimum absolute atomic E-state index is 0.0501. The molecule has 6 nitrogen and oxygen atoms in total. The minimum Gasteiger partial charge on any atom is -0.379 e. The van der Waals surface area contributed by atoms with Crippen molar-refractivity contribution in [1.29, 1.82) is 0 Å². The number of rotatable bonds is 5. The Bertz CT molecular complexity index is 757. The highest BCUT2D eigenvalue weighted by Crippen LogP contribution is 2.33. The van der Waals surface area contributed by atoms with Crippen molar-refractivity contribution in [2.24, 2.45) is 0 Å². The van der Waals surface area contributed by atoms with Crippen molar-refractivity contribution in [3.8, 4) is 10.6 Å². The van der Waals surface area contributed by atoms with E-state index in [4.69, 9.17) is 4.74 Å². The number of aromatic nitrogens is 1. The fourth-order valence-corrected chi connectivity index (χ4v) is 5.76. The third-order valence-corrected chi connectivity index (χ3v) is 7.20. The van der Waals surface area contributed by atoms with Crippen molar-refractivity contribution in [1.82, 2.24) is 15.2 Å². The van der Waals surface area contributed by atoms with Gasteiger partial charge in [-0.05, 0) is 24.3 Å². The third kappa shape index (κ3) is 4.45. The normalized spacial score (nSPS) is 23.3. The highest BCUT2D eigenvalue weighted by atomic mass is 32.2. The van der Waals surface area contributed by atoms with Crippen LogP contribution in [0.15, 0.2) is 35.8 Å². The summed E-state index contributed by atoms with van der Waals surface area (Å²) < 4.78 is 5.50.